The van der Waals surface area contributed by atoms with Crippen LogP contribution in [0.25, 0.3) is 0 Å². The van der Waals surface area contributed by atoms with Crippen LogP contribution in [0.3, 0.4) is 0 Å². The van der Waals surface area contributed by atoms with Crippen molar-refractivity contribution >= 4 is 17.6 Å². The van der Waals surface area contributed by atoms with Gasteiger partial charge in [0.15, 0.2) is 12.7 Å². The minimum Gasteiger partial charge on any atom is -0.482 e. The van der Waals surface area contributed by atoms with Crippen LogP contribution >= 0.6 is 0 Å². The lowest BCUT2D eigenvalue weighted by atomic mass is 10.1. The Kier molecular flexibility index (Phi) is 6.75. The van der Waals surface area contributed by atoms with E-state index in [1.807, 2.05) is 50.2 Å². The quantitative estimate of drug-likeness (QED) is 0.703. The van der Waals surface area contributed by atoms with E-state index < -0.39 is 12.1 Å². The second-order valence-electron chi connectivity index (χ2n) is 7.34. The first-order valence-electron chi connectivity index (χ1n) is 9.92. The minimum absolute atomic E-state index is 0.169. The van der Waals surface area contributed by atoms with Gasteiger partial charge in [0, 0.05) is 31.9 Å². The van der Waals surface area contributed by atoms with Crippen LogP contribution in [0.4, 0.5) is 5.69 Å². The molecule has 154 valence electrons. The third-order valence-corrected chi connectivity index (χ3v) is 5.04. The van der Waals surface area contributed by atoms with Gasteiger partial charge in [-0.25, -0.2) is 4.79 Å². The summed E-state index contributed by atoms with van der Waals surface area (Å²) in [6.45, 7) is 8.04. The molecule has 0 aliphatic carbocycles. The van der Waals surface area contributed by atoms with E-state index in [9.17, 15) is 9.59 Å². The number of hydrogen-bond donors (Lipinski definition) is 0. The van der Waals surface area contributed by atoms with Gasteiger partial charge in [-0.3, -0.25) is 4.79 Å². The first-order chi connectivity index (χ1) is 13.9. The Balaban J connectivity index is 1.44. The molecule has 1 amide bonds. The summed E-state index contributed by atoms with van der Waals surface area (Å²) in [5, 5.41) is 0. The normalized spacial score (nSPS) is 15.0. The summed E-state index contributed by atoms with van der Waals surface area (Å²) in [4.78, 5) is 28.7. The lowest BCUT2D eigenvalue weighted by Gasteiger charge is -2.37. The molecule has 6 heteroatoms. The molecule has 1 fully saturated rings. The smallest absolute Gasteiger partial charge is 0.344 e. The Morgan fingerprint density at radius 1 is 1.00 bits per heavy atom. The molecule has 6 nitrogen and oxygen atoms in total. The fourth-order valence-corrected chi connectivity index (χ4v) is 3.46. The molecule has 2 aromatic rings. The second-order valence-corrected chi connectivity index (χ2v) is 7.34. The first-order valence-corrected chi connectivity index (χ1v) is 9.92. The maximum Gasteiger partial charge on any atom is 0.344 e. The fraction of sp³-hybridized carbons (Fsp3) is 0.391. The predicted octanol–water partition coefficient (Wildman–Crippen LogP) is 2.96. The summed E-state index contributed by atoms with van der Waals surface area (Å²) < 4.78 is 10.8. The molecule has 3 rings (SSSR count). The highest BCUT2D eigenvalue weighted by Gasteiger charge is 2.27. The van der Waals surface area contributed by atoms with Crippen LogP contribution in [-0.2, 0) is 14.3 Å². The molecule has 29 heavy (non-hydrogen) atoms. The van der Waals surface area contributed by atoms with Gasteiger partial charge in [-0.2, -0.15) is 0 Å². The van der Waals surface area contributed by atoms with Crippen molar-refractivity contribution in [2.45, 2.75) is 26.9 Å². The number of rotatable bonds is 6. The maximum atomic E-state index is 12.6. The number of aryl methyl sites for hydroxylation is 2. The summed E-state index contributed by atoms with van der Waals surface area (Å²) in [5.74, 6) is -0.0742. The van der Waals surface area contributed by atoms with Crippen LogP contribution in [-0.4, -0.2) is 55.7 Å². The number of anilines is 1. The molecule has 0 saturated carbocycles. The van der Waals surface area contributed by atoms with E-state index in [-0.39, 0.29) is 12.5 Å². The van der Waals surface area contributed by atoms with Gasteiger partial charge in [0.05, 0.1) is 0 Å². The van der Waals surface area contributed by atoms with Crippen molar-refractivity contribution < 1.29 is 19.1 Å². The molecule has 1 heterocycles. The summed E-state index contributed by atoms with van der Waals surface area (Å²) >= 11 is 0. The number of carbonyl (C=O) groups excluding carboxylic acids is 2. The average Bonchev–Trinajstić information content (AvgIpc) is 2.73. The van der Waals surface area contributed by atoms with Gasteiger partial charge in [0.25, 0.3) is 5.91 Å². The first kappa shape index (κ1) is 20.7. The molecule has 0 N–H and O–H groups in total. The zero-order valence-corrected chi connectivity index (χ0v) is 17.3. The van der Waals surface area contributed by atoms with Gasteiger partial charge in [0.1, 0.15) is 5.75 Å². The molecule has 0 aromatic heterocycles. The largest absolute Gasteiger partial charge is 0.482 e. The number of carbonyl (C=O) groups is 2. The van der Waals surface area contributed by atoms with E-state index in [4.69, 9.17) is 9.47 Å². The molecule has 0 bridgehead atoms. The highest BCUT2D eigenvalue weighted by molar-refractivity contribution is 5.84. The van der Waals surface area contributed by atoms with E-state index in [1.54, 1.807) is 11.8 Å². The number of piperazine rings is 1. The summed E-state index contributed by atoms with van der Waals surface area (Å²) in [7, 11) is 0. The van der Waals surface area contributed by atoms with Gasteiger partial charge in [0.2, 0.25) is 0 Å². The Morgan fingerprint density at radius 2 is 1.69 bits per heavy atom. The highest BCUT2D eigenvalue weighted by atomic mass is 16.6. The average molecular weight is 396 g/mol. The van der Waals surface area contributed by atoms with Crippen LogP contribution in [0.1, 0.15) is 18.1 Å². The Labute approximate surface area is 172 Å². The number of ether oxygens (including phenoxy) is 2. The molecule has 1 aliphatic rings. The zero-order chi connectivity index (χ0) is 20.8. The van der Waals surface area contributed by atoms with Crippen molar-refractivity contribution in [1.82, 2.24) is 4.90 Å². The monoisotopic (exact) mass is 396 g/mol. The molecule has 2 aromatic carbocycles. The van der Waals surface area contributed by atoms with Crippen molar-refractivity contribution in [3.63, 3.8) is 0 Å². The van der Waals surface area contributed by atoms with E-state index in [0.717, 1.165) is 29.9 Å². The Morgan fingerprint density at radius 3 is 2.34 bits per heavy atom. The van der Waals surface area contributed by atoms with Gasteiger partial charge in [-0.15, -0.1) is 0 Å². The highest BCUT2D eigenvalue weighted by Crippen LogP contribution is 2.19. The molecule has 0 spiro atoms. The van der Waals surface area contributed by atoms with Crippen molar-refractivity contribution in [3.8, 4) is 5.75 Å². The van der Waals surface area contributed by atoms with E-state index in [1.165, 1.54) is 0 Å². The zero-order valence-electron chi connectivity index (χ0n) is 17.3. The molecule has 1 aliphatic heterocycles. The SMILES string of the molecule is Cc1ccc(OCC(=O)O[C@@H](C)C(=O)N2CCN(c3ccccc3)CC2)c(C)c1. The van der Waals surface area contributed by atoms with Crippen molar-refractivity contribution in [3.05, 3.63) is 59.7 Å². The summed E-state index contributed by atoms with van der Waals surface area (Å²) in [6, 6.07) is 15.9. The molecular weight excluding hydrogens is 368 g/mol. The van der Waals surface area contributed by atoms with Gasteiger partial charge in [-0.1, -0.05) is 35.9 Å². The van der Waals surface area contributed by atoms with Crippen LogP contribution in [0.2, 0.25) is 0 Å². The van der Waals surface area contributed by atoms with Gasteiger partial charge < -0.3 is 19.3 Å². The van der Waals surface area contributed by atoms with Crippen LogP contribution < -0.4 is 9.64 Å². The van der Waals surface area contributed by atoms with Crippen LogP contribution in [0.5, 0.6) is 5.75 Å². The van der Waals surface area contributed by atoms with Gasteiger partial charge in [-0.05, 0) is 44.5 Å². The third kappa shape index (κ3) is 5.50. The summed E-state index contributed by atoms with van der Waals surface area (Å²) in [5.41, 5.74) is 3.24. The third-order valence-electron chi connectivity index (χ3n) is 5.04. The molecule has 0 unspecified atom stereocenters. The maximum absolute atomic E-state index is 12.6. The number of para-hydroxylation sites is 1. The number of benzene rings is 2. The van der Waals surface area contributed by atoms with E-state index in [2.05, 4.69) is 17.0 Å². The fourth-order valence-electron chi connectivity index (χ4n) is 3.46. The standard InChI is InChI=1S/C23H28N2O4/c1-17-9-10-21(18(2)15-17)28-16-22(26)29-19(3)23(27)25-13-11-24(12-14-25)20-7-5-4-6-8-20/h4-10,15,19H,11-14,16H2,1-3H3/t19-/m0/s1. The molecule has 1 atom stereocenters. The number of esters is 1. The number of nitrogens with zero attached hydrogens (tertiary/aromatic N) is 2. The molecule has 1 saturated heterocycles. The topological polar surface area (TPSA) is 59.1 Å². The Bertz CT molecular complexity index is 845. The molecule has 0 radical (unpaired) electrons. The van der Waals surface area contributed by atoms with Crippen LogP contribution in [0, 0.1) is 13.8 Å². The van der Waals surface area contributed by atoms with Crippen LogP contribution in [0.15, 0.2) is 48.5 Å². The van der Waals surface area contributed by atoms with Crippen molar-refractivity contribution in [2.75, 3.05) is 37.7 Å². The van der Waals surface area contributed by atoms with E-state index in [0.29, 0.717) is 18.8 Å². The predicted molar refractivity (Wildman–Crippen MR) is 112 cm³/mol. The van der Waals surface area contributed by atoms with Crippen molar-refractivity contribution in [1.29, 1.82) is 0 Å². The molecular formula is C23H28N2O4. The Hall–Kier alpha value is -3.02. The minimum atomic E-state index is -0.825. The van der Waals surface area contributed by atoms with E-state index >= 15 is 0 Å². The van der Waals surface area contributed by atoms with Crippen molar-refractivity contribution in [2.24, 2.45) is 0 Å². The van der Waals surface area contributed by atoms with Gasteiger partial charge >= 0.3 is 5.97 Å². The lowest BCUT2D eigenvalue weighted by Crippen LogP contribution is -2.51. The number of hydrogen-bond acceptors (Lipinski definition) is 5. The number of amides is 1. The summed E-state index contributed by atoms with van der Waals surface area (Å²) in [6.07, 6.45) is -0.825. The second kappa shape index (κ2) is 9.45. The lowest BCUT2D eigenvalue weighted by molar-refractivity contribution is -0.160.